The van der Waals surface area contributed by atoms with Gasteiger partial charge in [0, 0.05) is 35.7 Å². The molecule has 0 aromatic heterocycles. The number of anilines is 2. The minimum atomic E-state index is 0.726. The van der Waals surface area contributed by atoms with Gasteiger partial charge in [0.2, 0.25) is 0 Å². The van der Waals surface area contributed by atoms with Crippen molar-refractivity contribution in [1.29, 1.82) is 0 Å². The highest BCUT2D eigenvalue weighted by Gasteiger charge is 2.09. The molecule has 2 N–H and O–H groups in total. The van der Waals surface area contributed by atoms with Crippen LogP contribution >= 0.6 is 0 Å². The van der Waals surface area contributed by atoms with Gasteiger partial charge in [0.1, 0.15) is 0 Å². The van der Waals surface area contributed by atoms with E-state index < -0.39 is 0 Å². The monoisotopic (exact) mass is 496 g/mol. The molecule has 4 aromatic rings. The molecule has 0 unspecified atom stereocenters. The van der Waals surface area contributed by atoms with E-state index in [4.69, 9.17) is 9.98 Å². The number of hydrogen-bond acceptors (Lipinski definition) is 4. The first kappa shape index (κ1) is 25.0. The van der Waals surface area contributed by atoms with Gasteiger partial charge in [0.25, 0.3) is 0 Å². The van der Waals surface area contributed by atoms with E-state index in [9.17, 15) is 0 Å². The zero-order valence-corrected chi connectivity index (χ0v) is 21.9. The van der Waals surface area contributed by atoms with Crippen molar-refractivity contribution in [3.05, 3.63) is 144 Å². The van der Waals surface area contributed by atoms with Gasteiger partial charge in [-0.15, -0.1) is 0 Å². The fourth-order valence-electron chi connectivity index (χ4n) is 4.52. The number of allylic oxidation sites excluding steroid dienone is 4. The van der Waals surface area contributed by atoms with Crippen molar-refractivity contribution in [2.75, 3.05) is 10.6 Å². The van der Waals surface area contributed by atoms with Crippen molar-refractivity contribution in [2.24, 2.45) is 9.98 Å². The van der Waals surface area contributed by atoms with Gasteiger partial charge in [-0.05, 0) is 61.4 Å². The van der Waals surface area contributed by atoms with Gasteiger partial charge >= 0.3 is 0 Å². The van der Waals surface area contributed by atoms with Crippen LogP contribution in [0.25, 0.3) is 0 Å². The highest BCUT2D eigenvalue weighted by molar-refractivity contribution is 6.01. The summed E-state index contributed by atoms with van der Waals surface area (Å²) >= 11 is 0. The van der Waals surface area contributed by atoms with Crippen LogP contribution in [0, 0.1) is 0 Å². The number of nitrogens with zero attached hydrogens (tertiary/aromatic N) is 2. The van der Waals surface area contributed by atoms with Gasteiger partial charge in [0.15, 0.2) is 0 Å². The third kappa shape index (κ3) is 6.74. The van der Waals surface area contributed by atoms with Crippen LogP contribution in [0.2, 0.25) is 0 Å². The summed E-state index contributed by atoms with van der Waals surface area (Å²) in [6.07, 6.45) is 5.71. The molecule has 1 aliphatic rings. The molecule has 4 aromatic carbocycles. The zero-order valence-electron chi connectivity index (χ0n) is 21.9. The molecule has 1 aliphatic heterocycles. The Bertz CT molecular complexity index is 1400. The molecule has 5 rings (SSSR count). The Hall–Kier alpha value is -4.70. The molecule has 0 bridgehead atoms. The Morgan fingerprint density at radius 3 is 1.26 bits per heavy atom. The van der Waals surface area contributed by atoms with Gasteiger partial charge in [-0.3, -0.25) is 9.98 Å². The molecule has 0 aliphatic carbocycles. The first-order chi connectivity index (χ1) is 18.6. The second-order valence-corrected chi connectivity index (χ2v) is 9.47. The van der Waals surface area contributed by atoms with Crippen LogP contribution in [-0.2, 0) is 12.8 Å². The smallest absolute Gasteiger partial charge is 0.0867 e. The number of para-hydroxylation sites is 4. The molecule has 188 valence electrons. The Morgan fingerprint density at radius 1 is 0.474 bits per heavy atom. The maximum atomic E-state index is 5.13. The second-order valence-electron chi connectivity index (χ2n) is 9.47. The maximum absolute atomic E-state index is 5.13. The standard InChI is InChI=1S/C34H32N4/c1-25-21-29(23-27-13-5-3-6-14-27)37-34-20-12-10-18-32(34)36-26(2)22-30(24-28-15-7-4-8-16-28)38-33-19-11-9-17-31(33)35-25/h3-22,35-36H,23-24H2,1-2H3. The lowest BCUT2D eigenvalue weighted by Crippen LogP contribution is -2.07. The fraction of sp³-hybridized carbons (Fsp3) is 0.118. The molecular weight excluding hydrogens is 464 g/mol. The summed E-state index contributed by atoms with van der Waals surface area (Å²) in [5, 5.41) is 7.17. The van der Waals surface area contributed by atoms with Crippen LogP contribution in [0.3, 0.4) is 0 Å². The maximum Gasteiger partial charge on any atom is 0.0867 e. The molecule has 0 saturated heterocycles. The third-order valence-corrected chi connectivity index (χ3v) is 6.22. The molecule has 0 radical (unpaired) electrons. The van der Waals surface area contributed by atoms with E-state index >= 15 is 0 Å². The Balaban J connectivity index is 1.61. The van der Waals surface area contributed by atoms with Crippen molar-refractivity contribution in [3.8, 4) is 0 Å². The van der Waals surface area contributed by atoms with E-state index in [1.807, 2.05) is 36.4 Å². The molecule has 4 nitrogen and oxygen atoms in total. The number of nitrogens with one attached hydrogen (secondary N) is 2. The van der Waals surface area contributed by atoms with Crippen LogP contribution in [-0.4, -0.2) is 11.4 Å². The highest BCUT2D eigenvalue weighted by Crippen LogP contribution is 2.29. The normalized spacial score (nSPS) is 13.7. The Kier molecular flexibility index (Phi) is 7.90. The van der Waals surface area contributed by atoms with Crippen molar-refractivity contribution in [3.63, 3.8) is 0 Å². The van der Waals surface area contributed by atoms with Crippen LogP contribution in [0.15, 0.2) is 143 Å². The van der Waals surface area contributed by atoms with E-state index in [2.05, 4.69) is 109 Å². The number of aliphatic imine (C=N–C) groups is 2. The van der Waals surface area contributed by atoms with Crippen LogP contribution in [0.1, 0.15) is 25.0 Å². The summed E-state index contributed by atoms with van der Waals surface area (Å²) in [4.78, 5) is 10.3. The quantitative estimate of drug-likeness (QED) is 0.297. The first-order valence-corrected chi connectivity index (χ1v) is 12.9. The van der Waals surface area contributed by atoms with Crippen molar-refractivity contribution < 1.29 is 0 Å². The Morgan fingerprint density at radius 2 is 0.842 bits per heavy atom. The summed E-state index contributed by atoms with van der Waals surface area (Å²) in [5.41, 5.74) is 10.1. The molecule has 0 atom stereocenters. The molecular formula is C34H32N4. The molecule has 0 saturated carbocycles. The zero-order chi connectivity index (χ0) is 26.2. The number of fused-ring (bicyclic) bond motifs is 2. The summed E-state index contributed by atoms with van der Waals surface area (Å²) in [5.74, 6) is 0. The molecule has 4 heteroatoms. The summed E-state index contributed by atoms with van der Waals surface area (Å²) in [6, 6.07) is 37.3. The second kappa shape index (κ2) is 12.0. The molecule has 0 spiro atoms. The summed E-state index contributed by atoms with van der Waals surface area (Å²) in [7, 11) is 0. The lowest BCUT2D eigenvalue weighted by atomic mass is 10.1. The van der Waals surface area contributed by atoms with Gasteiger partial charge < -0.3 is 10.6 Å². The number of hydrogen-bond donors (Lipinski definition) is 2. The Labute approximate surface area is 225 Å². The highest BCUT2D eigenvalue weighted by atomic mass is 14.9. The van der Waals surface area contributed by atoms with Gasteiger partial charge in [0.05, 0.1) is 22.7 Å². The lowest BCUT2D eigenvalue weighted by molar-refractivity contribution is 1.27. The van der Waals surface area contributed by atoms with Gasteiger partial charge in [-0.1, -0.05) is 84.9 Å². The molecule has 1 heterocycles. The van der Waals surface area contributed by atoms with E-state index in [-0.39, 0.29) is 0 Å². The van der Waals surface area contributed by atoms with Crippen LogP contribution in [0.5, 0.6) is 0 Å². The number of rotatable bonds is 4. The minimum absolute atomic E-state index is 0.726. The van der Waals surface area contributed by atoms with Crippen molar-refractivity contribution >= 4 is 34.2 Å². The van der Waals surface area contributed by atoms with E-state index in [1.165, 1.54) is 11.1 Å². The molecule has 0 fully saturated rings. The molecule has 38 heavy (non-hydrogen) atoms. The first-order valence-electron chi connectivity index (χ1n) is 12.9. The summed E-state index contributed by atoms with van der Waals surface area (Å²) in [6.45, 7) is 4.15. The predicted octanol–water partition coefficient (Wildman–Crippen LogP) is 8.66. The largest absolute Gasteiger partial charge is 0.357 e. The van der Waals surface area contributed by atoms with Crippen LogP contribution < -0.4 is 10.6 Å². The number of benzene rings is 4. The fourth-order valence-corrected chi connectivity index (χ4v) is 4.52. The SMILES string of the molecule is CC1=CC(Cc2ccccc2)=Nc2ccccc2NC(C)=CC(Cc2ccccc2)=Nc2ccccc2N1. The van der Waals surface area contributed by atoms with Gasteiger partial charge in [-0.2, -0.15) is 0 Å². The van der Waals surface area contributed by atoms with E-state index in [0.29, 0.717) is 0 Å². The van der Waals surface area contributed by atoms with E-state index in [1.54, 1.807) is 0 Å². The average molecular weight is 497 g/mol. The van der Waals surface area contributed by atoms with Crippen molar-refractivity contribution in [1.82, 2.24) is 0 Å². The van der Waals surface area contributed by atoms with Gasteiger partial charge in [-0.25, -0.2) is 0 Å². The third-order valence-electron chi connectivity index (χ3n) is 6.22. The lowest BCUT2D eigenvalue weighted by Gasteiger charge is -2.15. The summed E-state index contributed by atoms with van der Waals surface area (Å²) < 4.78 is 0. The molecule has 0 amide bonds. The van der Waals surface area contributed by atoms with Crippen LogP contribution in [0.4, 0.5) is 22.7 Å². The topological polar surface area (TPSA) is 48.8 Å². The average Bonchev–Trinajstić information content (AvgIpc) is 2.91. The van der Waals surface area contributed by atoms with E-state index in [0.717, 1.165) is 58.4 Å². The predicted molar refractivity (Wildman–Crippen MR) is 162 cm³/mol. The minimum Gasteiger partial charge on any atom is -0.357 e. The van der Waals surface area contributed by atoms with Crippen molar-refractivity contribution in [2.45, 2.75) is 26.7 Å².